The number of hydrogen-bond donors (Lipinski definition) is 1. The maximum atomic E-state index is 12.4. The summed E-state index contributed by atoms with van der Waals surface area (Å²) in [5.41, 5.74) is 4.89. The number of nitrogens with zero attached hydrogens (tertiary/aromatic N) is 3. The minimum absolute atomic E-state index is 0.163. The van der Waals surface area contributed by atoms with E-state index in [1.165, 1.54) is 16.8 Å². The summed E-state index contributed by atoms with van der Waals surface area (Å²) in [4.78, 5) is 21.0. The van der Waals surface area contributed by atoms with Crippen molar-refractivity contribution in [2.45, 2.75) is 20.4 Å². The highest BCUT2D eigenvalue weighted by atomic mass is 16.2. The van der Waals surface area contributed by atoms with Gasteiger partial charge in [-0.25, -0.2) is 0 Å². The number of aromatic nitrogens is 1. The predicted octanol–water partition coefficient (Wildman–Crippen LogP) is 2.14. The lowest BCUT2D eigenvalue weighted by Gasteiger charge is -2.37. The lowest BCUT2D eigenvalue weighted by Crippen LogP contribution is -2.51. The number of anilines is 1. The Labute approximate surface area is 149 Å². The summed E-state index contributed by atoms with van der Waals surface area (Å²) in [7, 11) is 0. The van der Waals surface area contributed by atoms with E-state index >= 15 is 0 Å². The average Bonchev–Trinajstić information content (AvgIpc) is 2.65. The zero-order valence-electron chi connectivity index (χ0n) is 15.0. The van der Waals surface area contributed by atoms with Gasteiger partial charge in [-0.15, -0.1) is 0 Å². The van der Waals surface area contributed by atoms with Crippen LogP contribution in [-0.2, 0) is 11.3 Å². The molecule has 0 spiro atoms. The SMILES string of the molecule is Cc1cccc(N2CCN(C(=O)CNCc3ccccn3)CC2)c1C. The molecule has 0 atom stereocenters. The summed E-state index contributed by atoms with van der Waals surface area (Å²) >= 11 is 0. The summed E-state index contributed by atoms with van der Waals surface area (Å²) in [6.07, 6.45) is 1.77. The van der Waals surface area contributed by atoms with Gasteiger partial charge >= 0.3 is 0 Å². The topological polar surface area (TPSA) is 48.5 Å². The van der Waals surface area contributed by atoms with E-state index in [4.69, 9.17) is 0 Å². The van der Waals surface area contributed by atoms with Crippen molar-refractivity contribution >= 4 is 11.6 Å². The van der Waals surface area contributed by atoms with Crippen LogP contribution in [0.4, 0.5) is 5.69 Å². The molecule has 0 radical (unpaired) electrons. The van der Waals surface area contributed by atoms with Gasteiger partial charge < -0.3 is 15.1 Å². The maximum absolute atomic E-state index is 12.4. The van der Waals surface area contributed by atoms with Crippen molar-refractivity contribution in [3.05, 3.63) is 59.4 Å². The normalized spacial score (nSPS) is 14.6. The number of carbonyl (C=O) groups is 1. The first-order valence-electron chi connectivity index (χ1n) is 8.84. The van der Waals surface area contributed by atoms with Crippen molar-refractivity contribution in [3.8, 4) is 0 Å². The number of nitrogens with one attached hydrogen (secondary N) is 1. The van der Waals surface area contributed by atoms with E-state index in [1.54, 1.807) is 6.20 Å². The molecule has 0 saturated carbocycles. The molecule has 2 heterocycles. The van der Waals surface area contributed by atoms with Crippen molar-refractivity contribution in [1.29, 1.82) is 0 Å². The van der Waals surface area contributed by atoms with Crippen LogP contribution in [0.2, 0.25) is 0 Å². The number of piperazine rings is 1. The van der Waals surface area contributed by atoms with Gasteiger partial charge in [-0.3, -0.25) is 9.78 Å². The Morgan fingerprint density at radius 1 is 1.08 bits per heavy atom. The fraction of sp³-hybridized carbons (Fsp3) is 0.400. The van der Waals surface area contributed by atoms with Gasteiger partial charge in [0.2, 0.25) is 5.91 Å². The summed E-state index contributed by atoms with van der Waals surface area (Å²) in [6.45, 7) is 8.62. The van der Waals surface area contributed by atoms with Crippen LogP contribution < -0.4 is 10.2 Å². The first-order chi connectivity index (χ1) is 12.1. The first-order valence-corrected chi connectivity index (χ1v) is 8.84. The van der Waals surface area contributed by atoms with Gasteiger partial charge in [-0.05, 0) is 43.2 Å². The van der Waals surface area contributed by atoms with Crippen LogP contribution in [0, 0.1) is 13.8 Å². The molecule has 0 unspecified atom stereocenters. The number of pyridine rings is 1. The van der Waals surface area contributed by atoms with Gasteiger partial charge in [0.25, 0.3) is 0 Å². The summed E-state index contributed by atoms with van der Waals surface area (Å²) in [5.74, 6) is 0.163. The van der Waals surface area contributed by atoms with Gasteiger partial charge in [0, 0.05) is 44.6 Å². The van der Waals surface area contributed by atoms with E-state index in [1.807, 2.05) is 23.1 Å². The molecule has 5 nitrogen and oxygen atoms in total. The van der Waals surface area contributed by atoms with Crippen LogP contribution in [0.15, 0.2) is 42.6 Å². The van der Waals surface area contributed by atoms with Gasteiger partial charge in [0.1, 0.15) is 0 Å². The number of rotatable bonds is 5. The molecule has 0 aliphatic carbocycles. The molecule has 3 rings (SSSR count). The maximum Gasteiger partial charge on any atom is 0.236 e. The Kier molecular flexibility index (Phi) is 5.66. The highest BCUT2D eigenvalue weighted by molar-refractivity contribution is 5.78. The minimum atomic E-state index is 0.163. The molecule has 1 saturated heterocycles. The fourth-order valence-corrected chi connectivity index (χ4v) is 3.19. The van der Waals surface area contributed by atoms with E-state index in [0.717, 1.165) is 31.9 Å². The van der Waals surface area contributed by atoms with Gasteiger partial charge in [-0.2, -0.15) is 0 Å². The highest BCUT2D eigenvalue weighted by Crippen LogP contribution is 2.23. The molecule has 5 heteroatoms. The molecule has 1 aromatic heterocycles. The summed E-state index contributed by atoms with van der Waals surface area (Å²) in [6, 6.07) is 12.2. The van der Waals surface area contributed by atoms with Gasteiger partial charge in [0.15, 0.2) is 0 Å². The Bertz CT molecular complexity index is 709. The standard InChI is InChI=1S/C20H26N4O/c1-16-6-5-8-19(17(16)2)23-10-12-24(13-11-23)20(25)15-21-14-18-7-3-4-9-22-18/h3-9,21H,10-15H2,1-2H3. The molecule has 25 heavy (non-hydrogen) atoms. The quantitative estimate of drug-likeness (QED) is 0.907. The van der Waals surface area contributed by atoms with E-state index < -0.39 is 0 Å². The zero-order valence-corrected chi connectivity index (χ0v) is 15.0. The fourth-order valence-electron chi connectivity index (χ4n) is 3.19. The zero-order chi connectivity index (χ0) is 17.6. The molecule has 1 fully saturated rings. The lowest BCUT2D eigenvalue weighted by molar-refractivity contribution is -0.130. The molecule has 1 N–H and O–H groups in total. The highest BCUT2D eigenvalue weighted by Gasteiger charge is 2.21. The largest absolute Gasteiger partial charge is 0.368 e. The van der Waals surface area contributed by atoms with Crippen LogP contribution in [0.3, 0.4) is 0 Å². The summed E-state index contributed by atoms with van der Waals surface area (Å²) < 4.78 is 0. The molecule has 1 aromatic carbocycles. The molecule has 1 aliphatic heterocycles. The third-order valence-electron chi connectivity index (χ3n) is 4.86. The minimum Gasteiger partial charge on any atom is -0.368 e. The summed E-state index contributed by atoms with van der Waals surface area (Å²) in [5, 5.41) is 3.19. The first kappa shape index (κ1) is 17.4. The van der Waals surface area contributed by atoms with E-state index in [0.29, 0.717) is 13.1 Å². The Hall–Kier alpha value is -2.40. The second kappa shape index (κ2) is 8.12. The molecule has 132 valence electrons. The Morgan fingerprint density at radius 3 is 2.60 bits per heavy atom. The molecular formula is C20H26N4O. The predicted molar refractivity (Wildman–Crippen MR) is 101 cm³/mol. The molecular weight excluding hydrogens is 312 g/mol. The van der Waals surface area contributed by atoms with Crippen molar-refractivity contribution < 1.29 is 4.79 Å². The monoisotopic (exact) mass is 338 g/mol. The Morgan fingerprint density at radius 2 is 1.88 bits per heavy atom. The molecule has 2 aromatic rings. The molecule has 0 bridgehead atoms. The number of aryl methyl sites for hydroxylation is 1. The van der Waals surface area contributed by atoms with Crippen molar-refractivity contribution in [2.24, 2.45) is 0 Å². The van der Waals surface area contributed by atoms with E-state index in [-0.39, 0.29) is 5.91 Å². The van der Waals surface area contributed by atoms with Crippen molar-refractivity contribution in [1.82, 2.24) is 15.2 Å². The van der Waals surface area contributed by atoms with Gasteiger partial charge in [0.05, 0.1) is 12.2 Å². The molecule has 1 amide bonds. The van der Waals surface area contributed by atoms with E-state index in [9.17, 15) is 4.79 Å². The number of amides is 1. The Balaban J connectivity index is 1.47. The smallest absolute Gasteiger partial charge is 0.236 e. The average molecular weight is 338 g/mol. The van der Waals surface area contributed by atoms with Crippen LogP contribution in [0.25, 0.3) is 0 Å². The van der Waals surface area contributed by atoms with E-state index in [2.05, 4.69) is 47.2 Å². The van der Waals surface area contributed by atoms with Crippen molar-refractivity contribution in [2.75, 3.05) is 37.6 Å². The number of hydrogen-bond acceptors (Lipinski definition) is 4. The van der Waals surface area contributed by atoms with Crippen LogP contribution >= 0.6 is 0 Å². The number of carbonyl (C=O) groups excluding carboxylic acids is 1. The van der Waals surface area contributed by atoms with Crippen molar-refractivity contribution in [3.63, 3.8) is 0 Å². The second-order valence-corrected chi connectivity index (χ2v) is 6.51. The third kappa shape index (κ3) is 4.37. The van der Waals surface area contributed by atoms with Crippen LogP contribution in [-0.4, -0.2) is 48.5 Å². The van der Waals surface area contributed by atoms with Gasteiger partial charge in [-0.1, -0.05) is 18.2 Å². The van der Waals surface area contributed by atoms with Crippen LogP contribution in [0.1, 0.15) is 16.8 Å². The second-order valence-electron chi connectivity index (χ2n) is 6.51. The lowest BCUT2D eigenvalue weighted by atomic mass is 10.1. The number of benzene rings is 1. The van der Waals surface area contributed by atoms with Crippen LogP contribution in [0.5, 0.6) is 0 Å². The third-order valence-corrected chi connectivity index (χ3v) is 4.86. The molecule has 1 aliphatic rings.